The van der Waals surface area contributed by atoms with E-state index < -0.39 is 18.4 Å². The summed E-state index contributed by atoms with van der Waals surface area (Å²) in [6.45, 7) is 3.32. The van der Waals surface area contributed by atoms with Crippen LogP contribution in [0.5, 0.6) is 0 Å². The van der Waals surface area contributed by atoms with E-state index >= 15 is 0 Å². The van der Waals surface area contributed by atoms with Crippen molar-refractivity contribution >= 4 is 27.7 Å². The van der Waals surface area contributed by atoms with E-state index in [1.165, 1.54) is 12.1 Å². The van der Waals surface area contributed by atoms with Gasteiger partial charge in [0.1, 0.15) is 5.82 Å². The molecule has 0 spiro atoms. The summed E-state index contributed by atoms with van der Waals surface area (Å²) in [5.41, 5.74) is 2.15. The average molecular weight is 365 g/mol. The summed E-state index contributed by atoms with van der Waals surface area (Å²) in [5.74, 6) is -1.87. The molecule has 2 rings (SSSR count). The molecule has 2 aromatic rings. The lowest BCUT2D eigenvalue weighted by Crippen LogP contribution is -2.16. The molecule has 22 heavy (non-hydrogen) atoms. The molecule has 0 fully saturated rings. The third-order valence-corrected chi connectivity index (χ3v) is 3.66. The monoisotopic (exact) mass is 364 g/mol. The second-order valence-electron chi connectivity index (χ2n) is 4.94. The maximum Gasteiger partial charge on any atom is 0.341 e. The number of hydrogen-bond acceptors (Lipinski definition) is 3. The van der Waals surface area contributed by atoms with Crippen LogP contribution in [0.25, 0.3) is 0 Å². The van der Waals surface area contributed by atoms with Crippen molar-refractivity contribution in [3.8, 4) is 0 Å². The quantitative estimate of drug-likeness (QED) is 0.601. The van der Waals surface area contributed by atoms with E-state index in [-0.39, 0.29) is 11.3 Å². The summed E-state index contributed by atoms with van der Waals surface area (Å²) < 4.78 is 19.0. The summed E-state index contributed by atoms with van der Waals surface area (Å²) in [5, 5.41) is 0. The molecule has 0 N–H and O–H groups in total. The molecular formula is C17H14BrFO3. The molecular weight excluding hydrogens is 351 g/mol. The zero-order valence-corrected chi connectivity index (χ0v) is 13.7. The molecule has 0 aliphatic carbocycles. The summed E-state index contributed by atoms with van der Waals surface area (Å²) in [7, 11) is 0. The minimum absolute atomic E-state index is 0.206. The number of aryl methyl sites for hydroxylation is 2. The zero-order chi connectivity index (χ0) is 16.3. The van der Waals surface area contributed by atoms with Gasteiger partial charge in [-0.3, -0.25) is 4.79 Å². The number of carbonyl (C=O) groups is 2. The molecule has 0 aliphatic rings. The predicted molar refractivity (Wildman–Crippen MR) is 84.6 cm³/mol. The Labute approximate surface area is 136 Å². The highest BCUT2D eigenvalue weighted by molar-refractivity contribution is 9.10. The van der Waals surface area contributed by atoms with Crippen LogP contribution in [0.3, 0.4) is 0 Å². The Bertz CT molecular complexity index is 741. The molecule has 0 unspecified atom stereocenters. The molecule has 0 heterocycles. The highest BCUT2D eigenvalue weighted by Crippen LogP contribution is 2.17. The number of carbonyl (C=O) groups excluding carboxylic acids is 2. The van der Waals surface area contributed by atoms with Crippen molar-refractivity contribution in [1.82, 2.24) is 0 Å². The van der Waals surface area contributed by atoms with Crippen molar-refractivity contribution in [2.24, 2.45) is 0 Å². The van der Waals surface area contributed by atoms with Gasteiger partial charge in [-0.15, -0.1) is 0 Å². The maximum absolute atomic E-state index is 13.6. The fraction of sp³-hybridized carbons (Fsp3) is 0.176. The number of ether oxygens (including phenoxy) is 1. The van der Waals surface area contributed by atoms with Crippen LogP contribution in [0.2, 0.25) is 0 Å². The number of benzene rings is 2. The van der Waals surface area contributed by atoms with Crippen molar-refractivity contribution in [1.29, 1.82) is 0 Å². The molecule has 0 saturated heterocycles. The number of Topliss-reactive ketones (excluding diaryl/α,β-unsaturated/α-hetero) is 1. The second-order valence-corrected chi connectivity index (χ2v) is 5.86. The number of ketones is 1. The predicted octanol–water partition coefficient (Wildman–Crippen LogP) is 4.24. The molecule has 0 saturated carbocycles. The van der Waals surface area contributed by atoms with E-state index in [0.717, 1.165) is 17.2 Å². The molecule has 0 atom stereocenters. The molecule has 2 aromatic carbocycles. The first-order valence-corrected chi connectivity index (χ1v) is 7.40. The van der Waals surface area contributed by atoms with Crippen LogP contribution in [0.15, 0.2) is 40.9 Å². The second kappa shape index (κ2) is 6.83. The van der Waals surface area contributed by atoms with Crippen molar-refractivity contribution in [2.45, 2.75) is 13.8 Å². The number of hydrogen-bond donors (Lipinski definition) is 0. The number of esters is 1. The summed E-state index contributed by atoms with van der Waals surface area (Å²) in [6, 6.07) is 9.35. The topological polar surface area (TPSA) is 43.4 Å². The average Bonchev–Trinajstić information content (AvgIpc) is 2.47. The Morgan fingerprint density at radius 2 is 1.82 bits per heavy atom. The zero-order valence-electron chi connectivity index (χ0n) is 12.2. The van der Waals surface area contributed by atoms with Crippen LogP contribution in [0, 0.1) is 19.7 Å². The normalized spacial score (nSPS) is 10.4. The summed E-state index contributed by atoms with van der Waals surface area (Å²) in [4.78, 5) is 23.9. The molecule has 0 aliphatic heterocycles. The molecule has 0 aromatic heterocycles. The van der Waals surface area contributed by atoms with Crippen LogP contribution in [0.4, 0.5) is 4.39 Å². The van der Waals surface area contributed by atoms with E-state index in [0.29, 0.717) is 10.0 Å². The maximum atomic E-state index is 13.6. The van der Waals surface area contributed by atoms with Gasteiger partial charge in [0.25, 0.3) is 0 Å². The fourth-order valence-electron chi connectivity index (χ4n) is 2.07. The Balaban J connectivity index is 2.07. The van der Waals surface area contributed by atoms with Gasteiger partial charge in [0.05, 0.1) is 5.56 Å². The van der Waals surface area contributed by atoms with E-state index in [4.69, 9.17) is 4.74 Å². The van der Waals surface area contributed by atoms with Gasteiger partial charge in [0.15, 0.2) is 6.61 Å². The van der Waals surface area contributed by atoms with Gasteiger partial charge in [0.2, 0.25) is 5.78 Å². The fourth-order valence-corrected chi connectivity index (χ4v) is 2.43. The number of halogens is 2. The molecule has 0 amide bonds. The van der Waals surface area contributed by atoms with Crippen molar-refractivity contribution < 1.29 is 18.7 Å². The van der Waals surface area contributed by atoms with Gasteiger partial charge in [0, 0.05) is 10.0 Å². The van der Waals surface area contributed by atoms with Crippen LogP contribution in [-0.2, 0) is 4.74 Å². The molecule has 5 heteroatoms. The van der Waals surface area contributed by atoms with E-state index in [9.17, 15) is 14.0 Å². The highest BCUT2D eigenvalue weighted by Gasteiger charge is 2.17. The van der Waals surface area contributed by atoms with Gasteiger partial charge >= 0.3 is 5.97 Å². The van der Waals surface area contributed by atoms with Crippen molar-refractivity contribution in [3.05, 3.63) is 68.9 Å². The first-order chi connectivity index (χ1) is 10.4. The van der Waals surface area contributed by atoms with Gasteiger partial charge in [-0.25, -0.2) is 9.18 Å². The third kappa shape index (κ3) is 3.80. The molecule has 114 valence electrons. The van der Waals surface area contributed by atoms with Gasteiger partial charge in [-0.05, 0) is 37.6 Å². The number of rotatable bonds is 4. The smallest absolute Gasteiger partial charge is 0.341 e. The Morgan fingerprint density at radius 1 is 1.09 bits per heavy atom. The van der Waals surface area contributed by atoms with Crippen LogP contribution in [-0.4, -0.2) is 18.4 Å². The summed E-state index contributed by atoms with van der Waals surface area (Å²) in [6.07, 6.45) is 0. The Kier molecular flexibility index (Phi) is 5.08. The molecule has 0 radical (unpaired) electrons. The lowest BCUT2D eigenvalue weighted by atomic mass is 10.0. The Hall–Kier alpha value is -2.01. The third-order valence-electron chi connectivity index (χ3n) is 3.16. The van der Waals surface area contributed by atoms with E-state index in [1.807, 2.05) is 26.0 Å². The van der Waals surface area contributed by atoms with Gasteiger partial charge in [-0.1, -0.05) is 39.7 Å². The van der Waals surface area contributed by atoms with Crippen LogP contribution >= 0.6 is 15.9 Å². The van der Waals surface area contributed by atoms with Crippen molar-refractivity contribution in [2.75, 3.05) is 6.61 Å². The first-order valence-electron chi connectivity index (χ1n) is 6.61. The Morgan fingerprint density at radius 3 is 2.50 bits per heavy atom. The van der Waals surface area contributed by atoms with Crippen molar-refractivity contribution in [3.63, 3.8) is 0 Å². The minimum Gasteiger partial charge on any atom is -0.454 e. The highest BCUT2D eigenvalue weighted by atomic mass is 79.9. The van der Waals surface area contributed by atoms with Crippen LogP contribution in [0.1, 0.15) is 31.8 Å². The van der Waals surface area contributed by atoms with Gasteiger partial charge in [-0.2, -0.15) is 0 Å². The standard InChI is InChI=1S/C17H14BrFO3/c1-10-3-5-13(11(2)7-10)16(20)9-22-17(21)14-8-12(18)4-6-15(14)19/h3-8H,9H2,1-2H3. The van der Waals surface area contributed by atoms with Crippen LogP contribution < -0.4 is 0 Å². The lowest BCUT2D eigenvalue weighted by molar-refractivity contribution is 0.0470. The largest absolute Gasteiger partial charge is 0.454 e. The molecule has 3 nitrogen and oxygen atoms in total. The molecule has 0 bridgehead atoms. The van der Waals surface area contributed by atoms with Gasteiger partial charge < -0.3 is 4.74 Å². The van der Waals surface area contributed by atoms with E-state index in [1.54, 1.807) is 6.07 Å². The lowest BCUT2D eigenvalue weighted by Gasteiger charge is -2.08. The summed E-state index contributed by atoms with van der Waals surface area (Å²) >= 11 is 3.16. The first kappa shape index (κ1) is 16.4. The minimum atomic E-state index is -0.864. The van der Waals surface area contributed by atoms with E-state index in [2.05, 4.69) is 15.9 Å². The SMILES string of the molecule is Cc1ccc(C(=O)COC(=O)c2cc(Br)ccc2F)c(C)c1.